The summed E-state index contributed by atoms with van der Waals surface area (Å²) in [6, 6.07) is 21.8. The number of amides is 2. The molecule has 1 heterocycles. The first-order valence-corrected chi connectivity index (χ1v) is 9.91. The molecule has 2 amide bonds. The zero-order valence-corrected chi connectivity index (χ0v) is 17.1. The highest BCUT2D eigenvalue weighted by atomic mass is 79.9. The SMILES string of the molecule is O=C1CN(C(=O)c2ccccc2Cl)C(c2ccccc2)c2cc(Br)ccc2N1. The highest BCUT2D eigenvalue weighted by molar-refractivity contribution is 9.10. The number of hydrogen-bond donors (Lipinski definition) is 1. The zero-order chi connectivity index (χ0) is 19.7. The lowest BCUT2D eigenvalue weighted by atomic mass is 9.95. The Bertz CT molecular complexity index is 1060. The average Bonchev–Trinajstić information content (AvgIpc) is 2.84. The van der Waals surface area contributed by atoms with Gasteiger partial charge in [-0.1, -0.05) is 70.0 Å². The fraction of sp³-hybridized carbons (Fsp3) is 0.0909. The van der Waals surface area contributed by atoms with Crippen LogP contribution in [0.4, 0.5) is 5.69 Å². The molecule has 4 nitrogen and oxygen atoms in total. The van der Waals surface area contributed by atoms with E-state index in [1.807, 2.05) is 48.5 Å². The van der Waals surface area contributed by atoms with E-state index in [0.717, 1.165) is 15.6 Å². The van der Waals surface area contributed by atoms with Gasteiger partial charge < -0.3 is 10.2 Å². The van der Waals surface area contributed by atoms with Gasteiger partial charge in [0.25, 0.3) is 5.91 Å². The molecule has 140 valence electrons. The van der Waals surface area contributed by atoms with Crippen molar-refractivity contribution >= 4 is 45.0 Å². The predicted octanol–water partition coefficient (Wildman–Crippen LogP) is 5.29. The minimum absolute atomic E-state index is 0.0735. The Kier molecular flexibility index (Phi) is 5.20. The van der Waals surface area contributed by atoms with Crippen LogP contribution in [-0.4, -0.2) is 23.3 Å². The molecule has 3 aromatic carbocycles. The monoisotopic (exact) mass is 454 g/mol. The summed E-state index contributed by atoms with van der Waals surface area (Å²) in [6.07, 6.45) is 0. The molecule has 0 spiro atoms. The molecule has 0 saturated heterocycles. The van der Waals surface area contributed by atoms with Gasteiger partial charge in [-0.15, -0.1) is 0 Å². The maximum atomic E-state index is 13.4. The van der Waals surface area contributed by atoms with Crippen molar-refractivity contribution in [1.29, 1.82) is 0 Å². The Morgan fingerprint density at radius 1 is 1.04 bits per heavy atom. The summed E-state index contributed by atoms with van der Waals surface area (Å²) < 4.78 is 0.869. The summed E-state index contributed by atoms with van der Waals surface area (Å²) in [5, 5.41) is 3.27. The molecular formula is C22H16BrClN2O2. The molecule has 6 heteroatoms. The van der Waals surface area contributed by atoms with Crippen molar-refractivity contribution in [3.63, 3.8) is 0 Å². The van der Waals surface area contributed by atoms with E-state index in [1.54, 1.807) is 29.2 Å². The van der Waals surface area contributed by atoms with Crippen molar-refractivity contribution in [2.75, 3.05) is 11.9 Å². The fourth-order valence-electron chi connectivity index (χ4n) is 3.45. The first kappa shape index (κ1) is 18.7. The second kappa shape index (κ2) is 7.78. The number of fused-ring (bicyclic) bond motifs is 1. The zero-order valence-electron chi connectivity index (χ0n) is 14.7. The molecule has 28 heavy (non-hydrogen) atoms. The molecule has 3 aromatic rings. The minimum atomic E-state index is -0.434. The van der Waals surface area contributed by atoms with Gasteiger partial charge in [-0.05, 0) is 35.9 Å². The maximum absolute atomic E-state index is 13.4. The van der Waals surface area contributed by atoms with E-state index in [4.69, 9.17) is 11.6 Å². The fourth-order valence-corrected chi connectivity index (χ4v) is 4.05. The summed E-state index contributed by atoms with van der Waals surface area (Å²) in [5.41, 5.74) is 2.82. The van der Waals surface area contributed by atoms with Crippen molar-refractivity contribution in [2.45, 2.75) is 6.04 Å². The Morgan fingerprint density at radius 2 is 1.75 bits per heavy atom. The van der Waals surface area contributed by atoms with Gasteiger partial charge in [0.1, 0.15) is 6.54 Å². The normalized spacial score (nSPS) is 16.1. The third-order valence-corrected chi connectivity index (χ3v) is 5.51. The molecule has 1 atom stereocenters. The number of benzene rings is 3. The van der Waals surface area contributed by atoms with E-state index in [-0.39, 0.29) is 18.4 Å². The smallest absolute Gasteiger partial charge is 0.256 e. The van der Waals surface area contributed by atoms with Crippen LogP contribution in [0.3, 0.4) is 0 Å². The van der Waals surface area contributed by atoms with Crippen LogP contribution < -0.4 is 5.32 Å². The van der Waals surface area contributed by atoms with Gasteiger partial charge in [0.15, 0.2) is 0 Å². The summed E-state index contributed by atoms with van der Waals surface area (Å²) >= 11 is 9.79. The lowest BCUT2D eigenvalue weighted by molar-refractivity contribution is -0.117. The number of carbonyl (C=O) groups excluding carboxylic acids is 2. The Morgan fingerprint density at radius 3 is 2.50 bits per heavy atom. The molecule has 0 bridgehead atoms. The van der Waals surface area contributed by atoms with Gasteiger partial charge in [-0.25, -0.2) is 0 Å². The van der Waals surface area contributed by atoms with Crippen LogP contribution in [0.2, 0.25) is 5.02 Å². The number of anilines is 1. The first-order chi connectivity index (χ1) is 13.5. The average molecular weight is 456 g/mol. The van der Waals surface area contributed by atoms with Crippen LogP contribution in [-0.2, 0) is 4.79 Å². The van der Waals surface area contributed by atoms with Crippen LogP contribution in [0, 0.1) is 0 Å². The van der Waals surface area contributed by atoms with Crippen molar-refractivity contribution in [1.82, 2.24) is 4.90 Å². The van der Waals surface area contributed by atoms with Crippen molar-refractivity contribution in [3.8, 4) is 0 Å². The predicted molar refractivity (Wildman–Crippen MR) is 114 cm³/mol. The van der Waals surface area contributed by atoms with Crippen molar-refractivity contribution in [2.24, 2.45) is 0 Å². The van der Waals surface area contributed by atoms with Crippen LogP contribution in [0.25, 0.3) is 0 Å². The molecule has 0 aromatic heterocycles. The number of halogens is 2. The third-order valence-electron chi connectivity index (χ3n) is 4.69. The third kappa shape index (κ3) is 3.55. The first-order valence-electron chi connectivity index (χ1n) is 8.74. The molecule has 0 aliphatic carbocycles. The highest BCUT2D eigenvalue weighted by Crippen LogP contribution is 2.38. The quantitative estimate of drug-likeness (QED) is 0.571. The number of rotatable bonds is 2. The Labute approximate surface area is 176 Å². The molecule has 0 radical (unpaired) electrons. The lowest BCUT2D eigenvalue weighted by Gasteiger charge is -2.31. The second-order valence-corrected chi connectivity index (χ2v) is 7.83. The van der Waals surface area contributed by atoms with Crippen LogP contribution in [0.1, 0.15) is 27.5 Å². The summed E-state index contributed by atoms with van der Waals surface area (Å²) in [7, 11) is 0. The standard InChI is InChI=1S/C22H16BrClN2O2/c23-15-10-11-19-17(12-15)21(14-6-2-1-3-7-14)26(13-20(27)25-19)22(28)16-8-4-5-9-18(16)24/h1-12,21H,13H2,(H,25,27). The molecule has 1 unspecified atom stereocenters. The van der Waals surface area contributed by atoms with Crippen LogP contribution in [0.5, 0.6) is 0 Å². The molecule has 0 fully saturated rings. The van der Waals surface area contributed by atoms with Crippen molar-refractivity contribution in [3.05, 3.63) is 99.0 Å². The number of carbonyl (C=O) groups is 2. The van der Waals surface area contributed by atoms with E-state index in [9.17, 15) is 9.59 Å². The number of nitrogens with zero attached hydrogens (tertiary/aromatic N) is 1. The number of nitrogens with one attached hydrogen (secondary N) is 1. The second-order valence-electron chi connectivity index (χ2n) is 6.51. The molecular weight excluding hydrogens is 440 g/mol. The van der Waals surface area contributed by atoms with Gasteiger partial charge >= 0.3 is 0 Å². The van der Waals surface area contributed by atoms with E-state index in [2.05, 4.69) is 21.2 Å². The Balaban J connectivity index is 1.91. The van der Waals surface area contributed by atoms with Gasteiger partial charge in [0, 0.05) is 15.7 Å². The van der Waals surface area contributed by atoms with Gasteiger partial charge in [0.05, 0.1) is 16.6 Å². The topological polar surface area (TPSA) is 49.4 Å². The number of hydrogen-bond acceptors (Lipinski definition) is 2. The summed E-state index contributed by atoms with van der Waals surface area (Å²) in [6.45, 7) is -0.0735. The summed E-state index contributed by atoms with van der Waals surface area (Å²) in [5.74, 6) is -0.537. The lowest BCUT2D eigenvalue weighted by Crippen LogP contribution is -2.39. The minimum Gasteiger partial charge on any atom is -0.324 e. The van der Waals surface area contributed by atoms with E-state index in [0.29, 0.717) is 16.3 Å². The maximum Gasteiger partial charge on any atom is 0.256 e. The molecule has 4 rings (SSSR count). The largest absolute Gasteiger partial charge is 0.324 e. The molecule has 1 aliphatic heterocycles. The Hall–Kier alpha value is -2.63. The van der Waals surface area contributed by atoms with E-state index >= 15 is 0 Å². The molecule has 0 saturated carbocycles. The molecule has 1 aliphatic rings. The van der Waals surface area contributed by atoms with Gasteiger partial charge in [-0.2, -0.15) is 0 Å². The van der Waals surface area contributed by atoms with Crippen LogP contribution in [0.15, 0.2) is 77.3 Å². The van der Waals surface area contributed by atoms with Gasteiger partial charge in [-0.3, -0.25) is 9.59 Å². The van der Waals surface area contributed by atoms with E-state index in [1.165, 1.54) is 0 Å². The van der Waals surface area contributed by atoms with Crippen molar-refractivity contribution < 1.29 is 9.59 Å². The van der Waals surface area contributed by atoms with E-state index < -0.39 is 6.04 Å². The van der Waals surface area contributed by atoms with Gasteiger partial charge in [0.2, 0.25) is 5.91 Å². The summed E-state index contributed by atoms with van der Waals surface area (Å²) in [4.78, 5) is 27.6. The molecule has 1 N–H and O–H groups in total. The van der Waals surface area contributed by atoms with Crippen LogP contribution >= 0.6 is 27.5 Å². The highest BCUT2D eigenvalue weighted by Gasteiger charge is 2.34.